The summed E-state index contributed by atoms with van der Waals surface area (Å²) in [6.07, 6.45) is 3.86. The molecule has 1 aromatic heterocycles. The standard InChI is InChI=1S/C19H21N5O3/c25-17-8-11-24(19(27)21-17)16-6-2-1-5-14(16)18(26)23-10-3-4-13(12-23)15-7-9-20-22-15/h1-2,5-7,9,13H,3-4,8,10-12H2,(H,20,22)(H,21,25,27)/t13-/m0/s1. The van der Waals surface area contributed by atoms with E-state index in [4.69, 9.17) is 0 Å². The summed E-state index contributed by atoms with van der Waals surface area (Å²) in [5, 5.41) is 9.32. The molecule has 0 spiro atoms. The van der Waals surface area contributed by atoms with E-state index >= 15 is 0 Å². The Labute approximate surface area is 156 Å². The van der Waals surface area contributed by atoms with Gasteiger partial charge in [-0.15, -0.1) is 0 Å². The average Bonchev–Trinajstić information content (AvgIpc) is 3.23. The maximum absolute atomic E-state index is 13.2. The molecule has 0 radical (unpaired) electrons. The van der Waals surface area contributed by atoms with E-state index in [1.54, 1.807) is 30.5 Å². The molecule has 3 heterocycles. The largest absolute Gasteiger partial charge is 0.338 e. The van der Waals surface area contributed by atoms with Crippen LogP contribution in [0, 0.1) is 0 Å². The van der Waals surface area contributed by atoms with Gasteiger partial charge in [-0.2, -0.15) is 5.10 Å². The number of para-hydroxylation sites is 1. The number of nitrogens with zero attached hydrogens (tertiary/aromatic N) is 3. The van der Waals surface area contributed by atoms with Gasteiger partial charge in [0.15, 0.2) is 0 Å². The van der Waals surface area contributed by atoms with E-state index in [1.807, 2.05) is 11.0 Å². The van der Waals surface area contributed by atoms with Gasteiger partial charge >= 0.3 is 6.03 Å². The molecule has 1 atom stereocenters. The molecule has 0 bridgehead atoms. The number of H-pyrrole nitrogens is 1. The third kappa shape index (κ3) is 3.42. The summed E-state index contributed by atoms with van der Waals surface area (Å²) in [5.41, 5.74) is 2.05. The summed E-state index contributed by atoms with van der Waals surface area (Å²) in [7, 11) is 0. The van der Waals surface area contributed by atoms with Crippen LogP contribution in [0.25, 0.3) is 0 Å². The number of rotatable bonds is 3. The van der Waals surface area contributed by atoms with Crippen LogP contribution in [0.15, 0.2) is 36.5 Å². The number of aromatic nitrogens is 2. The Balaban J connectivity index is 1.57. The molecular weight excluding hydrogens is 346 g/mol. The average molecular weight is 367 g/mol. The van der Waals surface area contributed by atoms with Gasteiger partial charge in [-0.1, -0.05) is 12.1 Å². The topological polar surface area (TPSA) is 98.4 Å². The van der Waals surface area contributed by atoms with Gasteiger partial charge in [-0.3, -0.25) is 24.9 Å². The molecule has 0 unspecified atom stereocenters. The number of urea groups is 1. The Morgan fingerprint density at radius 1 is 1.15 bits per heavy atom. The summed E-state index contributed by atoms with van der Waals surface area (Å²) in [6.45, 7) is 1.56. The van der Waals surface area contributed by atoms with E-state index in [9.17, 15) is 14.4 Å². The number of amides is 4. The second kappa shape index (κ2) is 7.22. The third-order valence-corrected chi connectivity index (χ3v) is 5.15. The van der Waals surface area contributed by atoms with Crippen LogP contribution in [-0.2, 0) is 4.79 Å². The van der Waals surface area contributed by atoms with Gasteiger partial charge in [0.1, 0.15) is 0 Å². The lowest BCUT2D eigenvalue weighted by molar-refractivity contribution is -0.120. The van der Waals surface area contributed by atoms with E-state index < -0.39 is 6.03 Å². The first-order chi connectivity index (χ1) is 13.1. The molecule has 2 aromatic rings. The lowest BCUT2D eigenvalue weighted by Gasteiger charge is -2.34. The van der Waals surface area contributed by atoms with E-state index in [0.717, 1.165) is 18.5 Å². The van der Waals surface area contributed by atoms with Crippen molar-refractivity contribution in [1.82, 2.24) is 20.4 Å². The first kappa shape index (κ1) is 17.3. The Bertz CT molecular complexity index is 864. The fraction of sp³-hybridized carbons (Fsp3) is 0.368. The Kier molecular flexibility index (Phi) is 4.62. The van der Waals surface area contributed by atoms with Gasteiger partial charge in [0, 0.05) is 43.9 Å². The molecule has 1 aromatic carbocycles. The zero-order valence-corrected chi connectivity index (χ0v) is 14.9. The molecule has 2 N–H and O–H groups in total. The number of imide groups is 1. The van der Waals surface area contributed by atoms with Crippen LogP contribution in [0.3, 0.4) is 0 Å². The van der Waals surface area contributed by atoms with Crippen molar-refractivity contribution in [1.29, 1.82) is 0 Å². The predicted molar refractivity (Wildman–Crippen MR) is 98.4 cm³/mol. The van der Waals surface area contributed by atoms with Crippen molar-refractivity contribution in [2.24, 2.45) is 0 Å². The predicted octanol–water partition coefficient (Wildman–Crippen LogP) is 1.88. The van der Waals surface area contributed by atoms with Crippen molar-refractivity contribution in [3.05, 3.63) is 47.8 Å². The Morgan fingerprint density at radius 3 is 2.78 bits per heavy atom. The highest BCUT2D eigenvalue weighted by Crippen LogP contribution is 2.29. The van der Waals surface area contributed by atoms with Crippen molar-refractivity contribution in [2.75, 3.05) is 24.5 Å². The van der Waals surface area contributed by atoms with Crippen LogP contribution in [-0.4, -0.2) is 52.6 Å². The van der Waals surface area contributed by atoms with E-state index in [0.29, 0.717) is 24.3 Å². The first-order valence-corrected chi connectivity index (χ1v) is 9.12. The lowest BCUT2D eigenvalue weighted by Crippen LogP contribution is -2.50. The Hall–Kier alpha value is -3.16. The summed E-state index contributed by atoms with van der Waals surface area (Å²) in [6, 6.07) is 8.53. The number of nitrogens with one attached hydrogen (secondary N) is 2. The SMILES string of the molecule is O=C1CCN(c2ccccc2C(=O)N2CCC[C@H](c3ccn[nH]3)C2)C(=O)N1. The minimum atomic E-state index is -0.486. The molecule has 2 saturated heterocycles. The van der Waals surface area contributed by atoms with Crippen LogP contribution in [0.2, 0.25) is 0 Å². The first-order valence-electron chi connectivity index (χ1n) is 9.12. The van der Waals surface area contributed by atoms with E-state index in [-0.39, 0.29) is 30.7 Å². The van der Waals surface area contributed by atoms with Crippen molar-refractivity contribution in [3.8, 4) is 0 Å². The second-order valence-electron chi connectivity index (χ2n) is 6.87. The van der Waals surface area contributed by atoms with E-state index in [2.05, 4.69) is 15.5 Å². The number of hydrogen-bond acceptors (Lipinski definition) is 4. The number of piperidine rings is 1. The van der Waals surface area contributed by atoms with Gasteiger partial charge in [0.25, 0.3) is 5.91 Å². The number of aromatic amines is 1. The quantitative estimate of drug-likeness (QED) is 0.865. The van der Waals surface area contributed by atoms with Gasteiger partial charge in [0.05, 0.1) is 11.3 Å². The summed E-state index contributed by atoms with van der Waals surface area (Å²) in [4.78, 5) is 40.2. The molecule has 27 heavy (non-hydrogen) atoms. The smallest absolute Gasteiger partial charge is 0.328 e. The molecule has 0 aliphatic carbocycles. The molecule has 140 valence electrons. The van der Waals surface area contributed by atoms with Crippen LogP contribution in [0.1, 0.15) is 41.2 Å². The minimum Gasteiger partial charge on any atom is -0.338 e. The maximum Gasteiger partial charge on any atom is 0.328 e. The number of benzene rings is 1. The van der Waals surface area contributed by atoms with Crippen molar-refractivity contribution < 1.29 is 14.4 Å². The monoisotopic (exact) mass is 367 g/mol. The summed E-state index contributed by atoms with van der Waals surface area (Å²) in [5.74, 6) is -0.161. The molecular formula is C19H21N5O3. The van der Waals surface area contributed by atoms with Crippen LogP contribution in [0.4, 0.5) is 10.5 Å². The van der Waals surface area contributed by atoms with Gasteiger partial charge in [-0.05, 0) is 31.0 Å². The molecule has 2 aliphatic heterocycles. The number of anilines is 1. The molecule has 0 saturated carbocycles. The molecule has 2 fully saturated rings. The van der Waals surface area contributed by atoms with Gasteiger partial charge in [0.2, 0.25) is 5.91 Å². The lowest BCUT2D eigenvalue weighted by atomic mass is 9.94. The highest BCUT2D eigenvalue weighted by Gasteiger charge is 2.31. The van der Waals surface area contributed by atoms with Gasteiger partial charge in [-0.25, -0.2) is 4.79 Å². The van der Waals surface area contributed by atoms with Crippen LogP contribution >= 0.6 is 0 Å². The fourth-order valence-electron chi connectivity index (χ4n) is 3.76. The summed E-state index contributed by atoms with van der Waals surface area (Å²) >= 11 is 0. The van der Waals surface area contributed by atoms with Gasteiger partial charge < -0.3 is 4.90 Å². The Morgan fingerprint density at radius 2 is 2.00 bits per heavy atom. The van der Waals surface area contributed by atoms with E-state index in [1.165, 1.54) is 4.90 Å². The highest BCUT2D eigenvalue weighted by atomic mass is 16.2. The molecule has 4 rings (SSSR count). The van der Waals surface area contributed by atoms with Crippen LogP contribution < -0.4 is 10.2 Å². The number of likely N-dealkylation sites (tertiary alicyclic amines) is 1. The molecule has 2 aliphatic rings. The fourth-order valence-corrected chi connectivity index (χ4v) is 3.76. The normalized spacial score (nSPS) is 20.5. The molecule has 4 amide bonds. The molecule has 8 heteroatoms. The number of carbonyl (C=O) groups is 3. The summed E-state index contributed by atoms with van der Waals surface area (Å²) < 4.78 is 0. The second-order valence-corrected chi connectivity index (χ2v) is 6.87. The molecule has 8 nitrogen and oxygen atoms in total. The maximum atomic E-state index is 13.2. The number of hydrogen-bond donors (Lipinski definition) is 2. The highest BCUT2D eigenvalue weighted by molar-refractivity contribution is 6.09. The van der Waals surface area contributed by atoms with Crippen molar-refractivity contribution in [3.63, 3.8) is 0 Å². The zero-order chi connectivity index (χ0) is 18.8. The third-order valence-electron chi connectivity index (χ3n) is 5.15. The van der Waals surface area contributed by atoms with Crippen molar-refractivity contribution >= 4 is 23.5 Å². The van der Waals surface area contributed by atoms with Crippen molar-refractivity contribution in [2.45, 2.75) is 25.2 Å². The van der Waals surface area contributed by atoms with Crippen LogP contribution in [0.5, 0.6) is 0 Å². The number of carbonyl (C=O) groups excluding carboxylic acids is 3. The zero-order valence-electron chi connectivity index (χ0n) is 14.9. The minimum absolute atomic E-state index is 0.0977.